The summed E-state index contributed by atoms with van der Waals surface area (Å²) in [6.07, 6.45) is 1.01. The normalized spacial score (nSPS) is 12.3. The number of H-pyrrole nitrogens is 1. The van der Waals surface area contributed by atoms with Crippen molar-refractivity contribution in [1.29, 1.82) is 0 Å². The highest BCUT2D eigenvalue weighted by Gasteiger charge is 2.29. The van der Waals surface area contributed by atoms with Crippen LogP contribution in [0.15, 0.2) is 23.1 Å². The van der Waals surface area contributed by atoms with Gasteiger partial charge < -0.3 is 20.1 Å². The first-order valence-electron chi connectivity index (χ1n) is 13.6. The van der Waals surface area contributed by atoms with Gasteiger partial charge in [0.15, 0.2) is 11.2 Å². The number of hydrogen-bond acceptors (Lipinski definition) is 12. The fourth-order valence-electron chi connectivity index (χ4n) is 3.66. The fourth-order valence-corrected chi connectivity index (χ4v) is 3.66. The molecule has 3 aromatic rings. The number of nitrogens with one attached hydrogen (secondary N) is 4. The molecule has 0 unspecified atom stereocenters. The molecule has 1 atom stereocenters. The number of carbonyl (C=O) groups is 4. The van der Waals surface area contributed by atoms with Crippen LogP contribution in [-0.4, -0.2) is 65.9 Å². The predicted octanol–water partition coefficient (Wildman–Crippen LogP) is 2.38. The molecular weight excluding hydrogens is 579 g/mol. The van der Waals surface area contributed by atoms with E-state index in [1.54, 1.807) is 41.5 Å². The molecule has 15 nitrogen and oxygen atoms in total. The Morgan fingerprint density at radius 1 is 1.00 bits per heavy atom. The van der Waals surface area contributed by atoms with Gasteiger partial charge in [-0.05, 0) is 60.1 Å². The van der Waals surface area contributed by atoms with Crippen molar-refractivity contribution < 1.29 is 33.0 Å². The maximum absolute atomic E-state index is 14.9. The first kappa shape index (κ1) is 33.5. The largest absolute Gasteiger partial charge is 0.460 e. The number of carbonyl (C=O) groups excluding carboxylic acids is 4. The fraction of sp³-hybridized carbons (Fsp3) is 0.464. The summed E-state index contributed by atoms with van der Waals surface area (Å²) in [4.78, 5) is 79.9. The van der Waals surface area contributed by atoms with Crippen molar-refractivity contribution in [3.8, 4) is 0 Å². The third kappa shape index (κ3) is 10.1. The number of nitrogens with zero attached hydrogens (tertiary/aromatic N) is 4. The van der Waals surface area contributed by atoms with Crippen LogP contribution < -0.4 is 21.5 Å². The molecule has 3 aromatic heterocycles. The number of rotatable bonds is 10. The van der Waals surface area contributed by atoms with Crippen molar-refractivity contribution in [3.05, 3.63) is 45.9 Å². The molecule has 4 N–H and O–H groups in total. The quantitative estimate of drug-likeness (QED) is 0.192. The average Bonchev–Trinajstić information content (AvgIpc) is 2.87. The molecular formula is C28H35FN8O7. The lowest BCUT2D eigenvalue weighted by Gasteiger charge is -2.25. The minimum Gasteiger partial charge on any atom is -0.460 e. The molecule has 236 valence electrons. The lowest BCUT2D eigenvalue weighted by atomic mass is 10.1. The molecule has 0 aliphatic rings. The van der Waals surface area contributed by atoms with E-state index in [1.165, 1.54) is 25.3 Å². The maximum Gasteiger partial charge on any atom is 0.329 e. The van der Waals surface area contributed by atoms with E-state index in [0.717, 1.165) is 0 Å². The highest BCUT2D eigenvalue weighted by atomic mass is 19.1. The number of aromatic amines is 1. The number of pyridine rings is 1. The van der Waals surface area contributed by atoms with Crippen LogP contribution in [0.1, 0.15) is 77.4 Å². The number of esters is 2. The zero-order chi connectivity index (χ0) is 32.8. The van der Waals surface area contributed by atoms with Crippen LogP contribution in [-0.2, 0) is 30.4 Å². The Morgan fingerprint density at radius 2 is 1.68 bits per heavy atom. The summed E-state index contributed by atoms with van der Waals surface area (Å²) in [6.45, 7) is 11.3. The van der Waals surface area contributed by atoms with Crippen LogP contribution in [0.3, 0.4) is 0 Å². The molecule has 3 heterocycles. The van der Waals surface area contributed by atoms with Gasteiger partial charge in [-0.2, -0.15) is 9.37 Å². The lowest BCUT2D eigenvalue weighted by Crippen LogP contribution is -2.45. The minimum atomic E-state index is -1.26. The van der Waals surface area contributed by atoms with Gasteiger partial charge in [-0.3, -0.25) is 29.5 Å². The number of hydrogen-bond donors (Lipinski definition) is 4. The summed E-state index contributed by atoms with van der Waals surface area (Å²) in [5, 5.41) is 7.61. The van der Waals surface area contributed by atoms with E-state index in [1.807, 2.05) is 0 Å². The zero-order valence-electron chi connectivity index (χ0n) is 25.5. The Labute approximate surface area is 251 Å². The molecule has 16 heteroatoms. The van der Waals surface area contributed by atoms with Gasteiger partial charge >= 0.3 is 11.9 Å². The first-order chi connectivity index (χ1) is 20.4. The second-order valence-electron chi connectivity index (χ2n) is 11.7. The highest BCUT2D eigenvalue weighted by molar-refractivity contribution is 5.97. The summed E-state index contributed by atoms with van der Waals surface area (Å²) in [6, 6.07) is 1.25. The van der Waals surface area contributed by atoms with Crippen LogP contribution in [0.2, 0.25) is 0 Å². The third-order valence-electron chi connectivity index (χ3n) is 5.36. The Morgan fingerprint density at radius 3 is 2.30 bits per heavy atom. The molecule has 44 heavy (non-hydrogen) atoms. The van der Waals surface area contributed by atoms with Gasteiger partial charge in [0.05, 0.1) is 24.0 Å². The topological polar surface area (TPSA) is 207 Å². The van der Waals surface area contributed by atoms with E-state index in [0.29, 0.717) is 5.69 Å². The van der Waals surface area contributed by atoms with E-state index in [4.69, 9.17) is 9.47 Å². The maximum atomic E-state index is 14.9. The van der Waals surface area contributed by atoms with Gasteiger partial charge in [0.25, 0.3) is 11.5 Å². The van der Waals surface area contributed by atoms with Crippen LogP contribution in [0.5, 0.6) is 0 Å². The standard InChI is InChI=1S/C28H35FN8O7/c1-14(38)32-26-36-22-20(24(41)37-26)33-15(13-31-22)12-30-18-10-8-16(21(29)35-18)23(40)34-17(25(42)44-28(5,6)7)9-11-19(39)43-27(2,3)4/h8,10,13,17H,9,11-12H2,1-7H3,(H,30,35)(H,34,40)(H2,31,32,36,37,38,41)/t17-/m0/s1. The van der Waals surface area contributed by atoms with Gasteiger partial charge in [-0.25, -0.2) is 19.7 Å². The van der Waals surface area contributed by atoms with Crippen molar-refractivity contribution >= 4 is 46.7 Å². The summed E-state index contributed by atoms with van der Waals surface area (Å²) in [5.74, 6) is -3.88. The third-order valence-corrected chi connectivity index (χ3v) is 5.36. The van der Waals surface area contributed by atoms with E-state index in [9.17, 15) is 28.4 Å². The van der Waals surface area contributed by atoms with Gasteiger partial charge in [-0.1, -0.05) is 0 Å². The number of ether oxygens (including phenoxy) is 2. The monoisotopic (exact) mass is 614 g/mol. The van der Waals surface area contributed by atoms with Crippen molar-refractivity contribution in [1.82, 2.24) is 30.2 Å². The predicted molar refractivity (Wildman–Crippen MR) is 156 cm³/mol. The van der Waals surface area contributed by atoms with Crippen LogP contribution in [0.4, 0.5) is 16.2 Å². The smallest absolute Gasteiger partial charge is 0.329 e. The lowest BCUT2D eigenvalue weighted by molar-refractivity contribution is -0.158. The SMILES string of the molecule is CC(=O)Nc1nc2ncc(CNc3ccc(C(=O)N[C@@H](CCC(=O)OC(C)(C)C)C(=O)OC(C)(C)C)c(F)n3)nc2c(=O)[nH]1. The summed E-state index contributed by atoms with van der Waals surface area (Å²) in [7, 11) is 0. The van der Waals surface area contributed by atoms with Crippen LogP contribution in [0, 0.1) is 5.95 Å². The van der Waals surface area contributed by atoms with E-state index < -0.39 is 58.1 Å². The van der Waals surface area contributed by atoms with Crippen LogP contribution in [0.25, 0.3) is 11.2 Å². The number of amides is 2. The van der Waals surface area contributed by atoms with Gasteiger partial charge in [0.2, 0.25) is 17.8 Å². The molecule has 0 saturated heterocycles. The molecule has 0 bridgehead atoms. The molecule has 0 saturated carbocycles. The molecule has 0 spiro atoms. The highest BCUT2D eigenvalue weighted by Crippen LogP contribution is 2.16. The van der Waals surface area contributed by atoms with Crippen molar-refractivity contribution in [2.24, 2.45) is 0 Å². The van der Waals surface area contributed by atoms with Gasteiger partial charge in [-0.15, -0.1) is 0 Å². The first-order valence-corrected chi connectivity index (χ1v) is 13.6. The second-order valence-corrected chi connectivity index (χ2v) is 11.7. The van der Waals surface area contributed by atoms with Gasteiger partial charge in [0.1, 0.15) is 23.1 Å². The number of halogens is 1. The summed E-state index contributed by atoms with van der Waals surface area (Å²) < 4.78 is 25.6. The summed E-state index contributed by atoms with van der Waals surface area (Å²) >= 11 is 0. The molecule has 2 amide bonds. The zero-order valence-corrected chi connectivity index (χ0v) is 25.5. The Kier molecular flexibility index (Phi) is 10.3. The van der Waals surface area contributed by atoms with E-state index in [-0.39, 0.29) is 42.3 Å². The molecule has 0 aliphatic heterocycles. The average molecular weight is 615 g/mol. The van der Waals surface area contributed by atoms with Crippen molar-refractivity contribution in [3.63, 3.8) is 0 Å². The number of aromatic nitrogens is 5. The van der Waals surface area contributed by atoms with Crippen molar-refractivity contribution in [2.75, 3.05) is 10.6 Å². The minimum absolute atomic E-state index is 0.0107. The molecule has 0 aliphatic carbocycles. The Balaban J connectivity index is 1.70. The van der Waals surface area contributed by atoms with Crippen LogP contribution >= 0.6 is 0 Å². The Hall–Kier alpha value is -5.02. The second kappa shape index (κ2) is 13.5. The molecule has 3 rings (SSSR count). The van der Waals surface area contributed by atoms with Gasteiger partial charge in [0, 0.05) is 13.3 Å². The van der Waals surface area contributed by atoms with E-state index >= 15 is 0 Å². The van der Waals surface area contributed by atoms with Crippen molar-refractivity contribution in [2.45, 2.75) is 85.1 Å². The molecule has 0 fully saturated rings. The molecule has 0 radical (unpaired) electrons. The Bertz CT molecular complexity index is 1630. The summed E-state index contributed by atoms with van der Waals surface area (Å²) in [5.41, 5.74) is -2.44. The number of fused-ring (bicyclic) bond motifs is 1. The molecule has 0 aromatic carbocycles. The number of anilines is 2. The van der Waals surface area contributed by atoms with E-state index in [2.05, 4.69) is 40.9 Å².